The van der Waals surface area contributed by atoms with E-state index in [-0.39, 0.29) is 5.91 Å². The predicted octanol–water partition coefficient (Wildman–Crippen LogP) is 3.18. The van der Waals surface area contributed by atoms with Gasteiger partial charge in [-0.15, -0.1) is 0 Å². The van der Waals surface area contributed by atoms with Crippen LogP contribution in [0.1, 0.15) is 22.3 Å². The summed E-state index contributed by atoms with van der Waals surface area (Å²) < 4.78 is 1.11. The Bertz CT molecular complexity index is 685. The number of hydrogen-bond acceptors (Lipinski definition) is 3. The maximum absolute atomic E-state index is 11.5. The Morgan fingerprint density at radius 1 is 1.17 bits per heavy atom. The lowest BCUT2D eigenvalue weighted by atomic mass is 10.1. The van der Waals surface area contributed by atoms with Crippen LogP contribution < -0.4 is 15.5 Å². The van der Waals surface area contributed by atoms with Gasteiger partial charge in [-0.2, -0.15) is 0 Å². The fraction of sp³-hybridized carbons (Fsp3) is 0.316. The highest BCUT2D eigenvalue weighted by molar-refractivity contribution is 9.10. The Morgan fingerprint density at radius 2 is 1.88 bits per heavy atom. The molecule has 0 saturated carbocycles. The second kappa shape index (κ2) is 7.81. The van der Waals surface area contributed by atoms with Gasteiger partial charge in [0.1, 0.15) is 0 Å². The van der Waals surface area contributed by atoms with Gasteiger partial charge in [-0.25, -0.2) is 0 Å². The molecule has 1 atom stereocenters. The van der Waals surface area contributed by atoms with Crippen molar-refractivity contribution < 1.29 is 4.79 Å². The number of carbonyl (C=O) groups excluding carboxylic acids is 1. The summed E-state index contributed by atoms with van der Waals surface area (Å²) in [5.74, 6) is -0.0459. The first kappa shape index (κ1) is 17.0. The third kappa shape index (κ3) is 4.16. The molecule has 4 nitrogen and oxygen atoms in total. The van der Waals surface area contributed by atoms with Gasteiger partial charge in [0.25, 0.3) is 5.91 Å². The normalized spacial score (nSPS) is 17.1. The molecule has 2 aromatic carbocycles. The molecule has 1 saturated heterocycles. The smallest absolute Gasteiger partial charge is 0.251 e. The van der Waals surface area contributed by atoms with E-state index in [0.717, 1.165) is 30.5 Å². The number of carbonyl (C=O) groups is 1. The molecule has 2 N–H and O–H groups in total. The molecular weight excluding hydrogens is 366 g/mol. The van der Waals surface area contributed by atoms with Gasteiger partial charge in [-0.05, 0) is 48.4 Å². The summed E-state index contributed by atoms with van der Waals surface area (Å²) >= 11 is 3.48. The third-order valence-electron chi connectivity index (χ3n) is 4.42. The lowest BCUT2D eigenvalue weighted by Gasteiger charge is -2.19. The van der Waals surface area contributed by atoms with E-state index in [2.05, 4.69) is 55.7 Å². The Kier molecular flexibility index (Phi) is 5.53. The minimum atomic E-state index is -0.0459. The average molecular weight is 388 g/mol. The third-order valence-corrected chi connectivity index (χ3v) is 4.95. The Hall–Kier alpha value is -1.85. The second-order valence-corrected chi connectivity index (χ2v) is 6.98. The maximum Gasteiger partial charge on any atom is 0.251 e. The van der Waals surface area contributed by atoms with Crippen molar-refractivity contribution in [2.24, 2.45) is 0 Å². The van der Waals surface area contributed by atoms with Crippen molar-refractivity contribution in [3.8, 4) is 0 Å². The molecule has 1 amide bonds. The first-order valence-corrected chi connectivity index (χ1v) is 9.00. The molecule has 0 radical (unpaired) electrons. The van der Waals surface area contributed by atoms with Crippen LogP contribution in [0.5, 0.6) is 0 Å². The van der Waals surface area contributed by atoms with E-state index in [1.54, 1.807) is 7.05 Å². The van der Waals surface area contributed by atoms with E-state index in [1.165, 1.54) is 11.3 Å². The van der Waals surface area contributed by atoms with Gasteiger partial charge in [0.15, 0.2) is 0 Å². The summed E-state index contributed by atoms with van der Waals surface area (Å²) in [6.07, 6.45) is 1.15. The summed E-state index contributed by atoms with van der Waals surface area (Å²) in [6, 6.07) is 16.8. The zero-order valence-electron chi connectivity index (χ0n) is 13.8. The number of nitrogens with one attached hydrogen (secondary N) is 2. The van der Waals surface area contributed by atoms with E-state index in [1.807, 2.05) is 24.3 Å². The molecule has 1 fully saturated rings. The molecule has 3 rings (SSSR count). The number of benzene rings is 2. The van der Waals surface area contributed by atoms with E-state index in [4.69, 9.17) is 0 Å². The average Bonchev–Trinajstić information content (AvgIpc) is 3.09. The van der Waals surface area contributed by atoms with E-state index in [9.17, 15) is 4.79 Å². The Balaban J connectivity index is 1.51. The van der Waals surface area contributed by atoms with Crippen molar-refractivity contribution in [3.63, 3.8) is 0 Å². The number of halogens is 1. The Morgan fingerprint density at radius 3 is 2.54 bits per heavy atom. The molecule has 2 aromatic rings. The van der Waals surface area contributed by atoms with Crippen LogP contribution >= 0.6 is 15.9 Å². The van der Waals surface area contributed by atoms with Crippen LogP contribution in [0, 0.1) is 0 Å². The van der Waals surface area contributed by atoms with Crippen LogP contribution in [0.25, 0.3) is 0 Å². The van der Waals surface area contributed by atoms with Gasteiger partial charge in [0.2, 0.25) is 0 Å². The minimum Gasteiger partial charge on any atom is -0.370 e. The highest BCUT2D eigenvalue weighted by Crippen LogP contribution is 2.22. The van der Waals surface area contributed by atoms with Crippen LogP contribution in [0.15, 0.2) is 53.0 Å². The quantitative estimate of drug-likeness (QED) is 0.827. The molecule has 1 unspecified atom stereocenters. The van der Waals surface area contributed by atoms with Crippen molar-refractivity contribution in [1.82, 2.24) is 10.6 Å². The van der Waals surface area contributed by atoms with Gasteiger partial charge in [0, 0.05) is 48.4 Å². The molecule has 24 heavy (non-hydrogen) atoms. The van der Waals surface area contributed by atoms with Gasteiger partial charge in [-0.3, -0.25) is 4.79 Å². The topological polar surface area (TPSA) is 44.4 Å². The zero-order chi connectivity index (χ0) is 16.9. The van der Waals surface area contributed by atoms with Crippen LogP contribution in [-0.2, 0) is 6.54 Å². The summed E-state index contributed by atoms with van der Waals surface area (Å²) in [5, 5.41) is 6.26. The zero-order valence-corrected chi connectivity index (χ0v) is 15.3. The summed E-state index contributed by atoms with van der Waals surface area (Å²) in [7, 11) is 1.65. The summed E-state index contributed by atoms with van der Waals surface area (Å²) in [5.41, 5.74) is 3.17. The van der Waals surface area contributed by atoms with Crippen LogP contribution in [0.2, 0.25) is 0 Å². The fourth-order valence-corrected chi connectivity index (χ4v) is 3.26. The lowest BCUT2D eigenvalue weighted by molar-refractivity contribution is 0.0963. The first-order chi connectivity index (χ1) is 11.7. The summed E-state index contributed by atoms with van der Waals surface area (Å²) in [6.45, 7) is 2.93. The van der Waals surface area contributed by atoms with E-state index < -0.39 is 0 Å². The second-order valence-electron chi connectivity index (χ2n) is 6.06. The molecule has 126 valence electrons. The van der Waals surface area contributed by atoms with Crippen molar-refractivity contribution >= 4 is 27.5 Å². The number of hydrogen-bond donors (Lipinski definition) is 2. The molecule has 5 heteroatoms. The molecule has 0 bridgehead atoms. The highest BCUT2D eigenvalue weighted by atomic mass is 79.9. The highest BCUT2D eigenvalue weighted by Gasteiger charge is 2.22. The molecule has 1 aliphatic heterocycles. The molecule has 0 aromatic heterocycles. The van der Waals surface area contributed by atoms with Crippen molar-refractivity contribution in [3.05, 3.63) is 64.1 Å². The molecule has 0 aliphatic carbocycles. The van der Waals surface area contributed by atoms with Crippen LogP contribution in [-0.4, -0.2) is 32.1 Å². The standard InChI is InChI=1S/C19H22BrN3O/c1-21-19(24)15-4-2-14(3-5-15)12-22-17-10-11-23(13-17)18-8-6-16(20)7-9-18/h2-9,17,22H,10-13H2,1H3,(H,21,24). The molecule has 1 heterocycles. The van der Waals surface area contributed by atoms with Crippen LogP contribution in [0.3, 0.4) is 0 Å². The monoisotopic (exact) mass is 387 g/mol. The molecule has 0 spiro atoms. The fourth-order valence-electron chi connectivity index (χ4n) is 2.99. The minimum absolute atomic E-state index is 0.0459. The SMILES string of the molecule is CNC(=O)c1ccc(CNC2CCN(c3ccc(Br)cc3)C2)cc1. The van der Waals surface area contributed by atoms with Gasteiger partial charge in [0.05, 0.1) is 0 Å². The van der Waals surface area contributed by atoms with Crippen molar-refractivity contribution in [1.29, 1.82) is 0 Å². The Labute approximate surface area is 151 Å². The van der Waals surface area contributed by atoms with Gasteiger partial charge >= 0.3 is 0 Å². The molecule has 1 aliphatic rings. The largest absolute Gasteiger partial charge is 0.370 e. The first-order valence-electron chi connectivity index (χ1n) is 8.20. The van der Waals surface area contributed by atoms with E-state index >= 15 is 0 Å². The lowest BCUT2D eigenvalue weighted by Crippen LogP contribution is -2.32. The number of nitrogens with zero attached hydrogens (tertiary/aromatic N) is 1. The van der Waals surface area contributed by atoms with Crippen molar-refractivity contribution in [2.45, 2.75) is 19.0 Å². The predicted molar refractivity (Wildman–Crippen MR) is 101 cm³/mol. The van der Waals surface area contributed by atoms with Crippen LogP contribution in [0.4, 0.5) is 5.69 Å². The number of rotatable bonds is 5. The number of amides is 1. The van der Waals surface area contributed by atoms with Gasteiger partial charge in [-0.1, -0.05) is 28.1 Å². The van der Waals surface area contributed by atoms with E-state index in [0.29, 0.717) is 11.6 Å². The number of anilines is 1. The molecular formula is C19H22BrN3O. The maximum atomic E-state index is 11.5. The summed E-state index contributed by atoms with van der Waals surface area (Å²) in [4.78, 5) is 14.0. The van der Waals surface area contributed by atoms with Crippen molar-refractivity contribution in [2.75, 3.05) is 25.0 Å². The van der Waals surface area contributed by atoms with Gasteiger partial charge < -0.3 is 15.5 Å².